The molecule has 0 saturated heterocycles. The minimum Gasteiger partial charge on any atom is -0.311 e. The van der Waals surface area contributed by atoms with E-state index < -0.39 is 0 Å². The second-order valence-corrected chi connectivity index (χ2v) is 4.67. The molecule has 5 heteroatoms. The molecule has 2 aromatic heterocycles. The van der Waals surface area contributed by atoms with Crippen LogP contribution in [-0.2, 0) is 19.5 Å². The number of aromatic nitrogens is 4. The molecule has 0 amide bonds. The van der Waals surface area contributed by atoms with Crippen LogP contribution in [0.15, 0.2) is 18.5 Å². The van der Waals surface area contributed by atoms with Crippen LogP contribution < -0.4 is 5.32 Å². The molecule has 0 spiro atoms. The minimum absolute atomic E-state index is 0.816. The molecule has 2 aromatic rings. The molecule has 1 N–H and O–H groups in total. The molecule has 19 heavy (non-hydrogen) atoms. The lowest BCUT2D eigenvalue weighted by Crippen LogP contribution is -2.20. The van der Waals surface area contributed by atoms with Gasteiger partial charge in [-0.15, -0.1) is 5.10 Å². The lowest BCUT2D eigenvalue weighted by Gasteiger charge is -2.08. The van der Waals surface area contributed by atoms with Gasteiger partial charge in [-0.2, -0.15) is 0 Å². The molecule has 0 bridgehead atoms. The van der Waals surface area contributed by atoms with Gasteiger partial charge in [0.05, 0.1) is 11.4 Å². The zero-order valence-corrected chi connectivity index (χ0v) is 11.8. The molecule has 0 atom stereocenters. The lowest BCUT2D eigenvalue weighted by molar-refractivity contribution is 0.568. The van der Waals surface area contributed by atoms with Gasteiger partial charge in [0.1, 0.15) is 0 Å². The van der Waals surface area contributed by atoms with Crippen molar-refractivity contribution < 1.29 is 0 Å². The standard InChI is InChI=1S/C14H21N5/c1-4-19-14(12(3)17-18-19)10-16-8-6-13-5-7-15-9-11(13)2/h5,7,9,16H,4,6,8,10H2,1-3H3. The van der Waals surface area contributed by atoms with Crippen molar-refractivity contribution in [3.05, 3.63) is 41.0 Å². The summed E-state index contributed by atoms with van der Waals surface area (Å²) in [7, 11) is 0. The second-order valence-electron chi connectivity index (χ2n) is 4.67. The van der Waals surface area contributed by atoms with E-state index in [4.69, 9.17) is 0 Å². The summed E-state index contributed by atoms with van der Waals surface area (Å²) in [6.45, 7) is 8.81. The number of nitrogens with one attached hydrogen (secondary N) is 1. The highest BCUT2D eigenvalue weighted by Crippen LogP contribution is 2.06. The fraction of sp³-hybridized carbons (Fsp3) is 0.500. The van der Waals surface area contributed by atoms with Crippen LogP contribution in [0.5, 0.6) is 0 Å². The highest BCUT2D eigenvalue weighted by Gasteiger charge is 2.07. The Kier molecular flexibility index (Phi) is 4.63. The Morgan fingerprint density at radius 2 is 2.16 bits per heavy atom. The molecule has 2 rings (SSSR count). The van der Waals surface area contributed by atoms with E-state index in [1.165, 1.54) is 16.8 Å². The Morgan fingerprint density at radius 1 is 1.32 bits per heavy atom. The van der Waals surface area contributed by atoms with Gasteiger partial charge in [-0.25, -0.2) is 4.68 Å². The fourth-order valence-corrected chi connectivity index (χ4v) is 2.11. The maximum Gasteiger partial charge on any atom is 0.0841 e. The van der Waals surface area contributed by atoms with E-state index in [-0.39, 0.29) is 0 Å². The van der Waals surface area contributed by atoms with Crippen LogP contribution in [0.3, 0.4) is 0 Å². The van der Waals surface area contributed by atoms with Gasteiger partial charge in [0.25, 0.3) is 0 Å². The summed E-state index contributed by atoms with van der Waals surface area (Å²) in [5.74, 6) is 0. The van der Waals surface area contributed by atoms with E-state index in [9.17, 15) is 0 Å². The van der Waals surface area contributed by atoms with E-state index >= 15 is 0 Å². The normalized spacial score (nSPS) is 10.9. The highest BCUT2D eigenvalue weighted by atomic mass is 15.4. The van der Waals surface area contributed by atoms with Crippen molar-refractivity contribution in [3.8, 4) is 0 Å². The van der Waals surface area contributed by atoms with Crippen LogP contribution in [-0.4, -0.2) is 26.5 Å². The van der Waals surface area contributed by atoms with Crippen molar-refractivity contribution in [1.29, 1.82) is 0 Å². The molecule has 0 aliphatic carbocycles. The van der Waals surface area contributed by atoms with Crippen molar-refractivity contribution in [3.63, 3.8) is 0 Å². The van der Waals surface area contributed by atoms with Crippen LogP contribution in [0.2, 0.25) is 0 Å². The molecule has 0 saturated carbocycles. The molecule has 102 valence electrons. The Hall–Kier alpha value is -1.75. The van der Waals surface area contributed by atoms with Crippen molar-refractivity contribution in [2.24, 2.45) is 0 Å². The zero-order valence-electron chi connectivity index (χ0n) is 11.8. The number of hydrogen-bond donors (Lipinski definition) is 1. The van der Waals surface area contributed by atoms with Crippen molar-refractivity contribution >= 4 is 0 Å². The summed E-state index contributed by atoms with van der Waals surface area (Å²) >= 11 is 0. The number of nitrogens with zero attached hydrogens (tertiary/aromatic N) is 4. The predicted octanol–water partition coefficient (Wildman–Crippen LogP) is 1.64. The molecule has 0 radical (unpaired) electrons. The molecule has 0 unspecified atom stereocenters. The Morgan fingerprint density at radius 3 is 2.89 bits per heavy atom. The van der Waals surface area contributed by atoms with Crippen LogP contribution in [0, 0.1) is 13.8 Å². The highest BCUT2D eigenvalue weighted by molar-refractivity contribution is 5.21. The van der Waals surface area contributed by atoms with Crippen LogP contribution in [0.4, 0.5) is 0 Å². The largest absolute Gasteiger partial charge is 0.311 e. The average molecular weight is 259 g/mol. The third kappa shape index (κ3) is 3.38. The first-order chi connectivity index (χ1) is 9.22. The van der Waals surface area contributed by atoms with Crippen molar-refractivity contribution in [2.75, 3.05) is 6.54 Å². The third-order valence-corrected chi connectivity index (χ3v) is 3.33. The number of rotatable bonds is 6. The molecular formula is C14H21N5. The molecule has 2 heterocycles. The number of hydrogen-bond acceptors (Lipinski definition) is 4. The monoisotopic (exact) mass is 259 g/mol. The van der Waals surface area contributed by atoms with E-state index in [1.54, 1.807) is 0 Å². The maximum absolute atomic E-state index is 4.11. The van der Waals surface area contributed by atoms with Gasteiger partial charge in [0.15, 0.2) is 0 Å². The first-order valence-electron chi connectivity index (χ1n) is 6.71. The Bertz CT molecular complexity index is 532. The fourth-order valence-electron chi connectivity index (χ4n) is 2.11. The van der Waals surface area contributed by atoms with Crippen molar-refractivity contribution in [1.82, 2.24) is 25.3 Å². The molecule has 0 fully saturated rings. The van der Waals surface area contributed by atoms with Gasteiger partial charge < -0.3 is 5.32 Å². The van der Waals surface area contributed by atoms with Gasteiger partial charge in [-0.3, -0.25) is 4.98 Å². The lowest BCUT2D eigenvalue weighted by atomic mass is 10.1. The summed E-state index contributed by atoms with van der Waals surface area (Å²) in [6.07, 6.45) is 4.78. The smallest absolute Gasteiger partial charge is 0.0841 e. The second kappa shape index (κ2) is 6.43. The number of pyridine rings is 1. The van der Waals surface area contributed by atoms with Crippen molar-refractivity contribution in [2.45, 2.75) is 40.3 Å². The molecule has 0 aromatic carbocycles. The van der Waals surface area contributed by atoms with Crippen LogP contribution in [0.1, 0.15) is 29.4 Å². The molecule has 0 aliphatic heterocycles. The summed E-state index contributed by atoms with van der Waals surface area (Å²) in [6, 6.07) is 2.08. The van der Waals surface area contributed by atoms with E-state index in [2.05, 4.69) is 40.5 Å². The van der Waals surface area contributed by atoms with Gasteiger partial charge in [-0.05, 0) is 50.9 Å². The first-order valence-corrected chi connectivity index (χ1v) is 6.71. The van der Waals surface area contributed by atoms with Gasteiger partial charge in [-0.1, -0.05) is 5.21 Å². The van der Waals surface area contributed by atoms with Crippen LogP contribution in [0.25, 0.3) is 0 Å². The van der Waals surface area contributed by atoms with Gasteiger partial charge in [0.2, 0.25) is 0 Å². The third-order valence-electron chi connectivity index (χ3n) is 3.33. The summed E-state index contributed by atoms with van der Waals surface area (Å²) < 4.78 is 1.94. The topological polar surface area (TPSA) is 55.6 Å². The summed E-state index contributed by atoms with van der Waals surface area (Å²) in [4.78, 5) is 4.11. The predicted molar refractivity (Wildman–Crippen MR) is 74.8 cm³/mol. The summed E-state index contributed by atoms with van der Waals surface area (Å²) in [5, 5.41) is 11.7. The number of aryl methyl sites for hydroxylation is 3. The Labute approximate surface area is 114 Å². The van der Waals surface area contributed by atoms with E-state index in [1.807, 2.05) is 24.0 Å². The molecule has 5 nitrogen and oxygen atoms in total. The van der Waals surface area contributed by atoms with E-state index in [0.717, 1.165) is 31.7 Å². The SMILES string of the molecule is CCn1nnc(C)c1CNCCc1ccncc1C. The molecule has 0 aliphatic rings. The van der Waals surface area contributed by atoms with E-state index in [0.29, 0.717) is 0 Å². The van der Waals surface area contributed by atoms with Gasteiger partial charge >= 0.3 is 0 Å². The summed E-state index contributed by atoms with van der Waals surface area (Å²) in [5.41, 5.74) is 4.78. The molecular weight excluding hydrogens is 238 g/mol. The quantitative estimate of drug-likeness (QED) is 0.801. The van der Waals surface area contributed by atoms with Crippen LogP contribution >= 0.6 is 0 Å². The minimum atomic E-state index is 0.816. The zero-order chi connectivity index (χ0) is 13.7. The maximum atomic E-state index is 4.11. The first kappa shape index (κ1) is 13.7. The van der Waals surface area contributed by atoms with Gasteiger partial charge in [0, 0.05) is 25.5 Å². The average Bonchev–Trinajstić information content (AvgIpc) is 2.77. The Balaban J connectivity index is 1.84.